The number of rotatable bonds is 3. The van der Waals surface area contributed by atoms with Gasteiger partial charge in [-0.3, -0.25) is 4.79 Å². The maximum Gasteiger partial charge on any atom is 0.266 e. The first-order valence-electron chi connectivity index (χ1n) is 5.78. The van der Waals surface area contributed by atoms with Gasteiger partial charge in [0, 0.05) is 28.2 Å². The van der Waals surface area contributed by atoms with Crippen molar-refractivity contribution < 1.29 is 4.79 Å². The lowest BCUT2D eigenvalue weighted by Gasteiger charge is -2.16. The van der Waals surface area contributed by atoms with Gasteiger partial charge in [0.25, 0.3) is 5.91 Å². The highest BCUT2D eigenvalue weighted by atomic mass is 79.9. The number of carbonyl (C=O) groups excluding carboxylic acids is 1. The minimum absolute atomic E-state index is 0.0615. The molecular formula is C14H15BrN2OS. The Morgan fingerprint density at radius 1 is 1.53 bits per heavy atom. The highest BCUT2D eigenvalue weighted by Gasteiger charge is 2.20. The molecule has 0 fully saturated rings. The molecule has 0 bridgehead atoms. The van der Waals surface area contributed by atoms with Crippen LogP contribution in [-0.4, -0.2) is 24.4 Å². The highest BCUT2D eigenvalue weighted by molar-refractivity contribution is 9.10. The van der Waals surface area contributed by atoms with Crippen LogP contribution in [0.2, 0.25) is 0 Å². The summed E-state index contributed by atoms with van der Waals surface area (Å²) in [7, 11) is 1.76. The van der Waals surface area contributed by atoms with E-state index in [-0.39, 0.29) is 5.91 Å². The number of carbonyl (C=O) groups is 1. The summed E-state index contributed by atoms with van der Waals surface area (Å²) in [5.41, 5.74) is 7.61. The summed E-state index contributed by atoms with van der Waals surface area (Å²) in [4.78, 5) is 14.6. The molecule has 0 saturated carbocycles. The van der Waals surface area contributed by atoms with Crippen molar-refractivity contribution in [3.8, 4) is 0 Å². The number of amides is 1. The van der Waals surface area contributed by atoms with Crippen LogP contribution in [0.4, 0.5) is 5.69 Å². The van der Waals surface area contributed by atoms with Gasteiger partial charge in [0.1, 0.15) is 4.88 Å². The Bertz CT molecular complexity index is 663. The molecule has 0 unspecified atom stereocenters. The predicted molar refractivity (Wildman–Crippen MR) is 85.7 cm³/mol. The highest BCUT2D eigenvalue weighted by Crippen LogP contribution is 2.38. The third kappa shape index (κ3) is 2.67. The second-order valence-corrected chi connectivity index (χ2v) is 6.48. The summed E-state index contributed by atoms with van der Waals surface area (Å²) in [6.07, 6.45) is 0. The number of thiophene rings is 1. The fourth-order valence-electron chi connectivity index (χ4n) is 1.94. The van der Waals surface area contributed by atoms with E-state index in [1.54, 1.807) is 11.9 Å². The minimum atomic E-state index is -0.0615. The topological polar surface area (TPSA) is 46.3 Å². The van der Waals surface area contributed by atoms with Crippen molar-refractivity contribution in [1.29, 1.82) is 0 Å². The molecule has 100 valence electrons. The lowest BCUT2D eigenvalue weighted by Crippen LogP contribution is -2.27. The van der Waals surface area contributed by atoms with Crippen LogP contribution in [-0.2, 0) is 0 Å². The maximum absolute atomic E-state index is 12.4. The summed E-state index contributed by atoms with van der Waals surface area (Å²) in [6, 6.07) is 5.84. The second-order valence-electron chi connectivity index (χ2n) is 4.58. The Hall–Kier alpha value is -1.33. The van der Waals surface area contributed by atoms with Crippen molar-refractivity contribution in [3.05, 3.63) is 39.7 Å². The molecule has 0 spiro atoms. The van der Waals surface area contributed by atoms with Gasteiger partial charge in [-0.2, -0.15) is 0 Å². The zero-order chi connectivity index (χ0) is 14.2. The number of fused-ring (bicyclic) bond motifs is 1. The van der Waals surface area contributed by atoms with Gasteiger partial charge >= 0.3 is 0 Å². The van der Waals surface area contributed by atoms with Crippen LogP contribution in [0.15, 0.2) is 34.8 Å². The molecule has 0 aliphatic carbocycles. The summed E-state index contributed by atoms with van der Waals surface area (Å²) >= 11 is 4.90. The van der Waals surface area contributed by atoms with Gasteiger partial charge in [-0.05, 0) is 19.1 Å². The van der Waals surface area contributed by atoms with E-state index in [2.05, 4.69) is 22.5 Å². The zero-order valence-corrected chi connectivity index (χ0v) is 13.3. The largest absolute Gasteiger partial charge is 0.397 e. The van der Waals surface area contributed by atoms with Gasteiger partial charge in [0.05, 0.1) is 5.69 Å². The van der Waals surface area contributed by atoms with E-state index in [4.69, 9.17) is 5.73 Å². The lowest BCUT2D eigenvalue weighted by molar-refractivity contribution is 0.0812. The van der Waals surface area contributed by atoms with Gasteiger partial charge in [-0.15, -0.1) is 11.3 Å². The standard InChI is InChI=1S/C14H15BrN2OS/c1-8(2)7-17(3)14(18)13-12(16)11-9(15)5-4-6-10(11)19-13/h4-6H,1,7,16H2,2-3H3. The lowest BCUT2D eigenvalue weighted by atomic mass is 10.2. The average Bonchev–Trinajstić information content (AvgIpc) is 2.66. The van der Waals surface area contributed by atoms with E-state index < -0.39 is 0 Å². The molecule has 0 aliphatic heterocycles. The van der Waals surface area contributed by atoms with Crippen LogP contribution in [0.5, 0.6) is 0 Å². The molecule has 2 aromatic rings. The zero-order valence-electron chi connectivity index (χ0n) is 10.9. The Morgan fingerprint density at radius 3 is 2.79 bits per heavy atom. The number of hydrogen-bond acceptors (Lipinski definition) is 3. The smallest absolute Gasteiger partial charge is 0.266 e. The summed E-state index contributed by atoms with van der Waals surface area (Å²) < 4.78 is 1.93. The molecule has 3 nitrogen and oxygen atoms in total. The molecule has 0 saturated heterocycles. The number of likely N-dealkylation sites (N-methyl/N-ethyl adjacent to an activating group) is 1. The Kier molecular flexibility index (Phi) is 3.96. The summed E-state index contributed by atoms with van der Waals surface area (Å²) in [5.74, 6) is -0.0615. The first kappa shape index (κ1) is 14.1. The van der Waals surface area contributed by atoms with E-state index in [0.717, 1.165) is 20.1 Å². The fraction of sp³-hybridized carbons (Fsp3) is 0.214. The Morgan fingerprint density at radius 2 is 2.21 bits per heavy atom. The summed E-state index contributed by atoms with van der Waals surface area (Å²) in [6.45, 7) is 6.25. The molecule has 0 aliphatic rings. The number of nitrogens with zero attached hydrogens (tertiary/aromatic N) is 1. The van der Waals surface area contributed by atoms with Gasteiger partial charge < -0.3 is 10.6 Å². The quantitative estimate of drug-likeness (QED) is 0.863. The number of hydrogen-bond donors (Lipinski definition) is 1. The van der Waals surface area contributed by atoms with E-state index in [1.807, 2.05) is 25.1 Å². The van der Waals surface area contributed by atoms with E-state index in [1.165, 1.54) is 11.3 Å². The predicted octanol–water partition coefficient (Wildman–Crippen LogP) is 3.89. The van der Waals surface area contributed by atoms with Crippen LogP contribution in [0.1, 0.15) is 16.6 Å². The second kappa shape index (κ2) is 5.35. The molecule has 19 heavy (non-hydrogen) atoms. The van der Waals surface area contributed by atoms with Crippen LogP contribution in [0, 0.1) is 0 Å². The third-order valence-electron chi connectivity index (χ3n) is 2.75. The number of anilines is 1. The third-order valence-corrected chi connectivity index (χ3v) is 4.57. The maximum atomic E-state index is 12.4. The molecule has 5 heteroatoms. The van der Waals surface area contributed by atoms with Gasteiger partial charge in [0.15, 0.2) is 0 Å². The monoisotopic (exact) mass is 338 g/mol. The van der Waals surface area contributed by atoms with Gasteiger partial charge in [-0.25, -0.2) is 0 Å². The first-order valence-corrected chi connectivity index (χ1v) is 7.39. The molecule has 1 aromatic carbocycles. The van der Waals surface area contributed by atoms with Crippen LogP contribution < -0.4 is 5.73 Å². The molecule has 1 heterocycles. The van der Waals surface area contributed by atoms with Crippen molar-refractivity contribution in [2.45, 2.75) is 6.92 Å². The van der Waals surface area contributed by atoms with Crippen molar-refractivity contribution in [2.24, 2.45) is 0 Å². The molecule has 2 rings (SSSR count). The van der Waals surface area contributed by atoms with Crippen molar-refractivity contribution in [3.63, 3.8) is 0 Å². The number of benzene rings is 1. The van der Waals surface area contributed by atoms with Gasteiger partial charge in [0.2, 0.25) is 0 Å². The SMILES string of the molecule is C=C(C)CN(C)C(=O)c1sc2cccc(Br)c2c1N. The summed E-state index contributed by atoms with van der Waals surface area (Å²) in [5, 5.41) is 0.916. The molecule has 0 radical (unpaired) electrons. The van der Waals surface area contributed by atoms with E-state index in [9.17, 15) is 4.79 Å². The van der Waals surface area contributed by atoms with Gasteiger partial charge in [-0.1, -0.05) is 34.1 Å². The normalized spacial score (nSPS) is 10.7. The van der Waals surface area contributed by atoms with Crippen molar-refractivity contribution in [1.82, 2.24) is 4.90 Å². The Balaban J connectivity index is 2.46. The first-order chi connectivity index (χ1) is 8.91. The van der Waals surface area contributed by atoms with Crippen molar-refractivity contribution >= 4 is 48.9 Å². The van der Waals surface area contributed by atoms with Crippen LogP contribution >= 0.6 is 27.3 Å². The average molecular weight is 339 g/mol. The van der Waals surface area contributed by atoms with Crippen LogP contribution in [0.3, 0.4) is 0 Å². The fourth-order valence-corrected chi connectivity index (χ4v) is 3.79. The minimum Gasteiger partial charge on any atom is -0.397 e. The molecule has 1 aromatic heterocycles. The number of nitrogen functional groups attached to an aromatic ring is 1. The molecule has 1 amide bonds. The van der Waals surface area contributed by atoms with Crippen LogP contribution in [0.25, 0.3) is 10.1 Å². The Labute approximate surface area is 124 Å². The molecule has 2 N–H and O–H groups in total. The van der Waals surface area contributed by atoms with E-state index in [0.29, 0.717) is 17.1 Å². The van der Waals surface area contributed by atoms with E-state index >= 15 is 0 Å². The number of nitrogens with two attached hydrogens (primary N) is 1. The van der Waals surface area contributed by atoms with Crippen molar-refractivity contribution in [2.75, 3.05) is 19.3 Å². The molecular weight excluding hydrogens is 324 g/mol. The number of halogens is 1. The molecule has 0 atom stereocenters.